The van der Waals surface area contributed by atoms with Crippen LogP contribution in [0.1, 0.15) is 78.6 Å². The fraction of sp³-hybridized carbons (Fsp3) is 0.842. The third-order valence-corrected chi connectivity index (χ3v) is 4.58. The Labute approximate surface area is 150 Å². The minimum Gasteiger partial charge on any atom is -1.00 e. The van der Waals surface area contributed by atoms with Gasteiger partial charge in [-0.15, -0.1) is 0 Å². The van der Waals surface area contributed by atoms with Gasteiger partial charge in [0.2, 0.25) is 0 Å². The molecule has 136 valence electrons. The van der Waals surface area contributed by atoms with Crippen molar-refractivity contribution in [1.82, 2.24) is 5.32 Å². The predicted octanol–water partition coefficient (Wildman–Crippen LogP) is -0.282. The lowest BCUT2D eigenvalue weighted by Gasteiger charge is -2.12. The fourth-order valence-corrected chi connectivity index (χ4v) is 3.02. The van der Waals surface area contributed by atoms with Crippen molar-refractivity contribution in [2.75, 3.05) is 13.1 Å². The van der Waals surface area contributed by atoms with Crippen LogP contribution in [0.25, 0.3) is 0 Å². The first kappa shape index (κ1) is 22.3. The van der Waals surface area contributed by atoms with Gasteiger partial charge >= 0.3 is 5.96 Å². The van der Waals surface area contributed by atoms with E-state index in [2.05, 4.69) is 37.2 Å². The van der Waals surface area contributed by atoms with Crippen molar-refractivity contribution >= 4 is 5.96 Å². The molecule has 0 aromatic rings. The highest BCUT2D eigenvalue weighted by molar-refractivity contribution is 5.71. The molecule has 1 aliphatic carbocycles. The SMILES string of the molecule is CC(C)CCCC(C)CC[NH+]=C(N)NCCC1=CCCCC1.[Cl-]. The molecular weight excluding hydrogens is 306 g/mol. The lowest BCUT2D eigenvalue weighted by atomic mass is 9.97. The van der Waals surface area contributed by atoms with E-state index in [-0.39, 0.29) is 12.4 Å². The van der Waals surface area contributed by atoms with E-state index in [1.807, 2.05) is 0 Å². The van der Waals surface area contributed by atoms with Gasteiger partial charge in [0, 0.05) is 0 Å². The summed E-state index contributed by atoms with van der Waals surface area (Å²) < 4.78 is 0. The Balaban J connectivity index is 0.00000484. The summed E-state index contributed by atoms with van der Waals surface area (Å²) in [7, 11) is 0. The number of guanidine groups is 1. The Bertz CT molecular complexity index is 351. The maximum Gasteiger partial charge on any atom is 0.341 e. The minimum atomic E-state index is 0. The summed E-state index contributed by atoms with van der Waals surface area (Å²) in [5, 5.41) is 3.30. The smallest absolute Gasteiger partial charge is 0.341 e. The molecule has 0 spiro atoms. The average Bonchev–Trinajstić information content (AvgIpc) is 2.48. The first-order valence-corrected chi connectivity index (χ1v) is 9.36. The minimum absolute atomic E-state index is 0. The molecule has 0 aliphatic heterocycles. The van der Waals surface area contributed by atoms with Crippen LogP contribution in [0.5, 0.6) is 0 Å². The summed E-state index contributed by atoms with van der Waals surface area (Å²) in [6.07, 6.45) is 14.0. The monoisotopic (exact) mass is 343 g/mol. The second-order valence-electron chi connectivity index (χ2n) is 7.34. The van der Waals surface area contributed by atoms with Crippen LogP contribution in [0.4, 0.5) is 0 Å². The summed E-state index contributed by atoms with van der Waals surface area (Å²) in [5.74, 6) is 2.36. The van der Waals surface area contributed by atoms with E-state index in [4.69, 9.17) is 5.73 Å². The molecule has 0 fully saturated rings. The van der Waals surface area contributed by atoms with Crippen LogP contribution >= 0.6 is 0 Å². The third-order valence-electron chi connectivity index (χ3n) is 4.58. The van der Waals surface area contributed by atoms with E-state index >= 15 is 0 Å². The number of nitrogens with two attached hydrogens (primary N) is 1. The van der Waals surface area contributed by atoms with Crippen LogP contribution in [0.2, 0.25) is 0 Å². The van der Waals surface area contributed by atoms with Gasteiger partial charge in [-0.3, -0.25) is 16.0 Å². The van der Waals surface area contributed by atoms with E-state index in [1.54, 1.807) is 5.57 Å². The highest BCUT2D eigenvalue weighted by Crippen LogP contribution is 2.19. The van der Waals surface area contributed by atoms with Crippen LogP contribution < -0.4 is 28.4 Å². The summed E-state index contributed by atoms with van der Waals surface area (Å²) in [4.78, 5) is 3.31. The van der Waals surface area contributed by atoms with Gasteiger partial charge in [0.1, 0.15) is 0 Å². The molecule has 23 heavy (non-hydrogen) atoms. The molecule has 1 rings (SSSR count). The van der Waals surface area contributed by atoms with Crippen molar-refractivity contribution in [1.29, 1.82) is 0 Å². The van der Waals surface area contributed by atoms with E-state index in [0.717, 1.165) is 37.3 Å². The predicted molar refractivity (Wildman–Crippen MR) is 96.7 cm³/mol. The Hall–Kier alpha value is -0.700. The second kappa shape index (κ2) is 13.7. The molecule has 0 heterocycles. The molecular formula is C19H38ClN3. The van der Waals surface area contributed by atoms with Gasteiger partial charge in [0.05, 0.1) is 13.1 Å². The second-order valence-corrected chi connectivity index (χ2v) is 7.34. The summed E-state index contributed by atoms with van der Waals surface area (Å²) in [6.45, 7) is 8.88. The van der Waals surface area contributed by atoms with E-state index in [1.165, 1.54) is 51.4 Å². The first-order chi connectivity index (χ1) is 10.6. The number of allylic oxidation sites excluding steroid dienone is 1. The molecule has 0 saturated carbocycles. The summed E-state index contributed by atoms with van der Waals surface area (Å²) >= 11 is 0. The lowest BCUT2D eigenvalue weighted by molar-refractivity contribution is -0.462. The Morgan fingerprint density at radius 1 is 1.22 bits per heavy atom. The van der Waals surface area contributed by atoms with Gasteiger partial charge < -0.3 is 12.4 Å². The van der Waals surface area contributed by atoms with E-state index in [9.17, 15) is 0 Å². The zero-order valence-electron chi connectivity index (χ0n) is 15.5. The highest BCUT2D eigenvalue weighted by Gasteiger charge is 2.06. The van der Waals surface area contributed by atoms with Crippen LogP contribution in [0.15, 0.2) is 11.6 Å². The van der Waals surface area contributed by atoms with Gasteiger partial charge in [0.15, 0.2) is 0 Å². The molecule has 0 bridgehead atoms. The largest absolute Gasteiger partial charge is 1.00 e. The van der Waals surface area contributed by atoms with Crippen molar-refractivity contribution in [3.8, 4) is 0 Å². The van der Waals surface area contributed by atoms with E-state index < -0.39 is 0 Å². The zero-order valence-corrected chi connectivity index (χ0v) is 16.2. The number of hydrogen-bond donors (Lipinski definition) is 3. The number of nitrogens with one attached hydrogen (secondary N) is 2. The molecule has 4 N–H and O–H groups in total. The van der Waals surface area contributed by atoms with Crippen molar-refractivity contribution in [3.05, 3.63) is 11.6 Å². The van der Waals surface area contributed by atoms with Gasteiger partial charge in [-0.25, -0.2) is 0 Å². The van der Waals surface area contributed by atoms with Crippen molar-refractivity contribution in [2.24, 2.45) is 17.6 Å². The zero-order chi connectivity index (χ0) is 16.2. The van der Waals surface area contributed by atoms with Crippen LogP contribution in [-0.2, 0) is 0 Å². The molecule has 0 radical (unpaired) electrons. The number of hydrogen-bond acceptors (Lipinski definition) is 0. The lowest BCUT2D eigenvalue weighted by Crippen LogP contribution is -3.00. The molecule has 1 atom stereocenters. The van der Waals surface area contributed by atoms with Gasteiger partial charge in [0.25, 0.3) is 0 Å². The average molecular weight is 344 g/mol. The fourth-order valence-electron chi connectivity index (χ4n) is 3.02. The maximum absolute atomic E-state index is 5.99. The molecule has 0 amide bonds. The topological polar surface area (TPSA) is 52.0 Å². The maximum atomic E-state index is 5.99. The molecule has 4 heteroatoms. The van der Waals surface area contributed by atoms with E-state index in [0.29, 0.717) is 0 Å². The first-order valence-electron chi connectivity index (χ1n) is 9.36. The van der Waals surface area contributed by atoms with Crippen molar-refractivity contribution in [3.63, 3.8) is 0 Å². The molecule has 0 aromatic carbocycles. The van der Waals surface area contributed by atoms with Crippen molar-refractivity contribution < 1.29 is 17.4 Å². The van der Waals surface area contributed by atoms with Gasteiger partial charge in [-0.1, -0.05) is 51.7 Å². The number of rotatable bonds is 10. The van der Waals surface area contributed by atoms with Crippen LogP contribution in [-0.4, -0.2) is 19.0 Å². The molecule has 1 unspecified atom stereocenters. The van der Waals surface area contributed by atoms with Crippen molar-refractivity contribution in [2.45, 2.75) is 78.6 Å². The summed E-state index contributed by atoms with van der Waals surface area (Å²) in [6, 6.07) is 0. The number of halogens is 1. The quantitative estimate of drug-likeness (QED) is 0.290. The van der Waals surface area contributed by atoms with Crippen LogP contribution in [0, 0.1) is 11.8 Å². The summed E-state index contributed by atoms with van der Waals surface area (Å²) in [5.41, 5.74) is 7.59. The molecule has 3 nitrogen and oxygen atoms in total. The molecule has 1 aliphatic rings. The third kappa shape index (κ3) is 12.4. The van der Waals surface area contributed by atoms with Gasteiger partial charge in [-0.2, -0.15) is 0 Å². The Kier molecular flexibility index (Phi) is 13.3. The Morgan fingerprint density at radius 3 is 2.65 bits per heavy atom. The molecule has 0 aromatic heterocycles. The molecule has 0 saturated heterocycles. The highest BCUT2D eigenvalue weighted by atomic mass is 35.5. The standard InChI is InChI=1S/C19H37N3.ClH/c1-16(2)8-7-9-17(3)12-14-21-19(20)22-15-13-18-10-5-4-6-11-18;/h10,16-17H,4-9,11-15H2,1-3H3,(H3,20,21,22);1H. The van der Waals surface area contributed by atoms with Crippen LogP contribution in [0.3, 0.4) is 0 Å². The normalized spacial score (nSPS) is 16.7. The Morgan fingerprint density at radius 2 is 2.00 bits per heavy atom. The van der Waals surface area contributed by atoms with Gasteiger partial charge in [-0.05, 0) is 50.4 Å².